The average molecular weight is 452 g/mol. The Labute approximate surface area is 187 Å². The molecule has 1 atom stereocenters. The second-order valence-electron chi connectivity index (χ2n) is 8.38. The van der Waals surface area contributed by atoms with Crippen LogP contribution in [0.1, 0.15) is 23.4 Å². The minimum absolute atomic E-state index is 0.176. The molecule has 2 N–H and O–H groups in total. The summed E-state index contributed by atoms with van der Waals surface area (Å²) < 4.78 is 33.3. The van der Waals surface area contributed by atoms with Gasteiger partial charge in [-0.1, -0.05) is 18.2 Å². The van der Waals surface area contributed by atoms with Gasteiger partial charge in [0.1, 0.15) is 5.76 Å². The summed E-state index contributed by atoms with van der Waals surface area (Å²) in [6.45, 7) is 3.16. The number of piperidine rings is 3. The van der Waals surface area contributed by atoms with Gasteiger partial charge in [0.25, 0.3) is 15.9 Å². The number of nitrogens with zero attached hydrogens (tertiary/aromatic N) is 1. The molecule has 166 valence electrons. The highest BCUT2D eigenvalue weighted by Gasteiger charge is 2.35. The van der Waals surface area contributed by atoms with Gasteiger partial charge in [-0.3, -0.25) is 9.52 Å². The molecule has 1 amide bonds. The zero-order chi connectivity index (χ0) is 22.1. The van der Waals surface area contributed by atoms with Crippen molar-refractivity contribution in [1.82, 2.24) is 10.2 Å². The summed E-state index contributed by atoms with van der Waals surface area (Å²) in [6, 6.07) is 18.7. The molecule has 2 aromatic carbocycles. The number of hydrogen-bond donors (Lipinski definition) is 2. The van der Waals surface area contributed by atoms with Gasteiger partial charge in [0.15, 0.2) is 5.76 Å². The van der Waals surface area contributed by atoms with Crippen molar-refractivity contribution in [1.29, 1.82) is 0 Å². The predicted octanol–water partition coefficient (Wildman–Crippen LogP) is 3.57. The lowest BCUT2D eigenvalue weighted by molar-refractivity contribution is 0.0606. The molecule has 0 radical (unpaired) electrons. The van der Waals surface area contributed by atoms with Crippen LogP contribution in [-0.4, -0.2) is 44.9 Å². The van der Waals surface area contributed by atoms with Crippen LogP contribution in [0.15, 0.2) is 76.0 Å². The van der Waals surface area contributed by atoms with Crippen LogP contribution in [0.25, 0.3) is 11.3 Å². The molecule has 1 aromatic heterocycles. The Morgan fingerprint density at radius 3 is 2.31 bits per heavy atom. The molecule has 0 spiro atoms. The van der Waals surface area contributed by atoms with Crippen molar-refractivity contribution in [2.75, 3.05) is 24.4 Å². The van der Waals surface area contributed by atoms with E-state index in [2.05, 4.69) is 14.9 Å². The Kier molecular flexibility index (Phi) is 5.48. The average Bonchev–Trinajstić information content (AvgIpc) is 3.31. The molecular formula is C24H25N3O4S. The van der Waals surface area contributed by atoms with Crippen molar-refractivity contribution < 1.29 is 17.6 Å². The van der Waals surface area contributed by atoms with E-state index in [4.69, 9.17) is 4.42 Å². The number of sulfonamides is 1. The molecule has 3 fully saturated rings. The highest BCUT2D eigenvalue weighted by atomic mass is 32.2. The molecule has 3 aromatic rings. The summed E-state index contributed by atoms with van der Waals surface area (Å²) in [5.41, 5.74) is 1.21. The van der Waals surface area contributed by atoms with E-state index in [1.807, 2.05) is 0 Å². The maximum atomic E-state index is 12.7. The van der Waals surface area contributed by atoms with E-state index in [9.17, 15) is 13.2 Å². The molecule has 6 rings (SSSR count). The maximum absolute atomic E-state index is 12.7. The van der Waals surface area contributed by atoms with E-state index in [1.165, 1.54) is 0 Å². The smallest absolute Gasteiger partial charge is 0.287 e. The number of carbonyl (C=O) groups excluding carboxylic acids is 1. The number of carbonyl (C=O) groups is 1. The minimum Gasteiger partial charge on any atom is -0.451 e. The Balaban J connectivity index is 1.25. The van der Waals surface area contributed by atoms with Crippen molar-refractivity contribution in [2.45, 2.75) is 23.8 Å². The normalized spacial score (nSPS) is 22.4. The lowest BCUT2D eigenvalue weighted by atomic mass is 9.84. The van der Waals surface area contributed by atoms with E-state index in [0.29, 0.717) is 17.4 Å². The van der Waals surface area contributed by atoms with Gasteiger partial charge >= 0.3 is 0 Å². The third-order valence-electron chi connectivity index (χ3n) is 6.28. The highest BCUT2D eigenvalue weighted by Crippen LogP contribution is 2.29. The van der Waals surface area contributed by atoms with Crippen molar-refractivity contribution in [3.8, 4) is 11.3 Å². The summed E-state index contributed by atoms with van der Waals surface area (Å²) in [7, 11) is -3.65. The van der Waals surface area contributed by atoms with Gasteiger partial charge in [0.05, 0.1) is 4.90 Å². The van der Waals surface area contributed by atoms with Crippen molar-refractivity contribution in [3.63, 3.8) is 0 Å². The lowest BCUT2D eigenvalue weighted by Gasteiger charge is -2.44. The molecule has 3 aliphatic rings. The molecule has 1 unspecified atom stereocenters. The first-order valence-corrected chi connectivity index (χ1v) is 12.3. The lowest BCUT2D eigenvalue weighted by Crippen LogP contribution is -2.57. The second kappa shape index (κ2) is 8.44. The molecule has 0 aliphatic carbocycles. The number of amides is 1. The van der Waals surface area contributed by atoms with Gasteiger partial charge in [-0.25, -0.2) is 8.42 Å². The third-order valence-corrected chi connectivity index (χ3v) is 7.67. The van der Waals surface area contributed by atoms with E-state index in [0.717, 1.165) is 38.0 Å². The highest BCUT2D eigenvalue weighted by molar-refractivity contribution is 7.92. The zero-order valence-corrected chi connectivity index (χ0v) is 18.3. The molecule has 8 heteroatoms. The molecule has 4 heterocycles. The summed E-state index contributed by atoms with van der Waals surface area (Å²) in [6.07, 6.45) is 2.27. The van der Waals surface area contributed by atoms with Gasteiger partial charge in [-0.2, -0.15) is 0 Å². The van der Waals surface area contributed by atoms with Crippen molar-refractivity contribution in [2.24, 2.45) is 5.92 Å². The first-order valence-electron chi connectivity index (χ1n) is 10.8. The Morgan fingerprint density at radius 2 is 1.66 bits per heavy atom. The van der Waals surface area contributed by atoms with Crippen LogP contribution in [0.2, 0.25) is 0 Å². The first kappa shape index (κ1) is 20.8. The van der Waals surface area contributed by atoms with E-state index in [-0.39, 0.29) is 22.6 Å². The monoisotopic (exact) mass is 451 g/mol. The van der Waals surface area contributed by atoms with Gasteiger partial charge < -0.3 is 14.6 Å². The summed E-state index contributed by atoms with van der Waals surface area (Å²) in [5, 5.41) is 3.13. The van der Waals surface area contributed by atoms with Crippen LogP contribution >= 0.6 is 0 Å². The number of hydrogen-bond acceptors (Lipinski definition) is 5. The Morgan fingerprint density at radius 1 is 0.938 bits per heavy atom. The quantitative estimate of drug-likeness (QED) is 0.598. The molecule has 7 nitrogen and oxygen atoms in total. The zero-order valence-electron chi connectivity index (χ0n) is 17.5. The summed E-state index contributed by atoms with van der Waals surface area (Å²) >= 11 is 0. The van der Waals surface area contributed by atoms with Gasteiger partial charge in [-0.05, 0) is 80.4 Å². The van der Waals surface area contributed by atoms with Gasteiger partial charge in [0.2, 0.25) is 0 Å². The van der Waals surface area contributed by atoms with E-state index >= 15 is 0 Å². The SMILES string of the molecule is O=C(NC1CN2CCC1CC2)c1ccc(-c2ccc(NS(=O)(=O)c3ccccc3)cc2)o1. The second-order valence-corrected chi connectivity index (χ2v) is 10.1. The largest absolute Gasteiger partial charge is 0.451 e. The van der Waals surface area contributed by atoms with E-state index in [1.54, 1.807) is 66.7 Å². The molecule has 3 aliphatic heterocycles. The summed E-state index contributed by atoms with van der Waals surface area (Å²) in [5.74, 6) is 1.19. The van der Waals surface area contributed by atoms with Crippen LogP contribution in [0.5, 0.6) is 0 Å². The fraction of sp³-hybridized carbons (Fsp3) is 0.292. The number of rotatable bonds is 6. The maximum Gasteiger partial charge on any atom is 0.287 e. The Hall–Kier alpha value is -3.10. The summed E-state index contributed by atoms with van der Waals surface area (Å²) in [4.78, 5) is 15.3. The Bertz CT molecular complexity index is 1200. The number of furan rings is 1. The molecular weight excluding hydrogens is 426 g/mol. The molecule has 2 bridgehead atoms. The van der Waals surface area contributed by atoms with Crippen LogP contribution < -0.4 is 10.0 Å². The molecule has 3 saturated heterocycles. The number of fused-ring (bicyclic) bond motifs is 3. The van der Waals surface area contributed by atoms with Gasteiger partial charge in [0, 0.05) is 23.8 Å². The fourth-order valence-corrected chi connectivity index (χ4v) is 5.58. The topological polar surface area (TPSA) is 91.7 Å². The number of benzene rings is 2. The molecule has 32 heavy (non-hydrogen) atoms. The van der Waals surface area contributed by atoms with Crippen LogP contribution in [-0.2, 0) is 10.0 Å². The standard InChI is InChI=1S/C24H25N3O4S/c28-24(25-21-16-27-14-12-17(21)13-15-27)23-11-10-22(31-23)18-6-8-19(9-7-18)26-32(29,30)20-4-2-1-3-5-20/h1-11,17,21,26H,12-16H2,(H,25,28). The van der Waals surface area contributed by atoms with Gasteiger partial charge in [-0.15, -0.1) is 0 Å². The van der Waals surface area contributed by atoms with Crippen LogP contribution in [0.3, 0.4) is 0 Å². The minimum atomic E-state index is -3.65. The van der Waals surface area contributed by atoms with E-state index < -0.39 is 10.0 Å². The number of nitrogens with one attached hydrogen (secondary N) is 2. The van der Waals surface area contributed by atoms with Crippen molar-refractivity contribution >= 4 is 21.6 Å². The fourth-order valence-electron chi connectivity index (χ4n) is 4.50. The third kappa shape index (κ3) is 4.28. The van der Waals surface area contributed by atoms with Crippen LogP contribution in [0, 0.1) is 5.92 Å². The van der Waals surface area contributed by atoms with Crippen molar-refractivity contribution in [3.05, 3.63) is 72.5 Å². The number of anilines is 1. The van der Waals surface area contributed by atoms with Crippen LogP contribution in [0.4, 0.5) is 5.69 Å². The predicted molar refractivity (Wildman–Crippen MR) is 122 cm³/mol. The molecule has 0 saturated carbocycles. The first-order chi connectivity index (χ1) is 15.5.